The maximum atomic E-state index is 10.5. The van der Waals surface area contributed by atoms with Crippen LogP contribution in [0.3, 0.4) is 0 Å². The van der Waals surface area contributed by atoms with Gasteiger partial charge in [0.05, 0.1) is 19.9 Å². The van der Waals surface area contributed by atoms with Crippen molar-refractivity contribution in [2.75, 3.05) is 19.7 Å². The predicted molar refractivity (Wildman–Crippen MR) is 77.4 cm³/mol. The Labute approximate surface area is 121 Å². The van der Waals surface area contributed by atoms with Crippen LogP contribution in [0.15, 0.2) is 41.6 Å². The first-order valence-corrected chi connectivity index (χ1v) is 5.98. The number of hydrogen-bond donors (Lipinski definition) is 2. The number of aromatic hydroxyl groups is 1. The van der Waals surface area contributed by atoms with E-state index in [2.05, 4.69) is 10.7 Å². The van der Waals surface area contributed by atoms with Crippen LogP contribution >= 0.6 is 0 Å². The van der Waals surface area contributed by atoms with Gasteiger partial charge in [-0.3, -0.25) is 0 Å². The lowest BCUT2D eigenvalue weighted by Crippen LogP contribution is -2.05. The number of hydrogen-bond acceptors (Lipinski definition) is 7. The largest absolute Gasteiger partial charge is 0.508 e. The lowest BCUT2D eigenvalue weighted by Gasteiger charge is -2.11. The molecule has 0 aliphatic carbocycles. The second-order valence-corrected chi connectivity index (χ2v) is 4.08. The summed E-state index contributed by atoms with van der Waals surface area (Å²) in [6.07, 6.45) is 0. The highest BCUT2D eigenvalue weighted by Gasteiger charge is 2.05. The topological polar surface area (TPSA) is 89.4 Å². The molecule has 2 N–H and O–H groups in total. The van der Waals surface area contributed by atoms with Crippen molar-refractivity contribution in [2.45, 2.75) is 0 Å². The molecule has 0 fully saturated rings. The van der Waals surface area contributed by atoms with Gasteiger partial charge in [0.25, 0.3) is 0 Å². The molecule has 2 aromatic rings. The number of rotatable bonds is 6. The average Bonchev–Trinajstić information content (AvgIpc) is 2.51. The smallest absolute Gasteiger partial charge is 0.161 e. The van der Waals surface area contributed by atoms with Crippen molar-refractivity contribution in [3.63, 3.8) is 0 Å². The molecule has 7 heteroatoms. The minimum Gasteiger partial charge on any atom is -0.508 e. The van der Waals surface area contributed by atoms with E-state index in [0.29, 0.717) is 17.2 Å². The van der Waals surface area contributed by atoms with E-state index in [1.165, 1.54) is 32.4 Å². The van der Waals surface area contributed by atoms with Gasteiger partial charge < -0.3 is 19.4 Å². The van der Waals surface area contributed by atoms with Crippen molar-refractivity contribution in [2.24, 2.45) is 5.18 Å². The van der Waals surface area contributed by atoms with Crippen molar-refractivity contribution >= 4 is 11.4 Å². The van der Waals surface area contributed by atoms with Crippen LogP contribution in [0.4, 0.5) is 11.4 Å². The molecule has 0 aliphatic heterocycles. The van der Waals surface area contributed by atoms with Gasteiger partial charge in [-0.15, -0.1) is 4.91 Å². The molecule has 0 saturated heterocycles. The van der Waals surface area contributed by atoms with E-state index in [0.717, 1.165) is 0 Å². The van der Waals surface area contributed by atoms with Gasteiger partial charge in [0.1, 0.15) is 22.9 Å². The molecule has 0 atom stereocenters. The fourth-order valence-corrected chi connectivity index (χ4v) is 1.66. The number of anilines is 1. The standard InChI is InChI=1S/C14H14N2O5/c1-19-12-5-10(6-13(8-12)20-2)16-21-14-4-9(15-18)3-11(17)7-14/h3-8,16-17H,1-2H3. The third-order valence-corrected chi connectivity index (χ3v) is 2.62. The van der Waals surface area contributed by atoms with Crippen LogP contribution in [0.1, 0.15) is 0 Å². The normalized spacial score (nSPS) is 9.81. The van der Waals surface area contributed by atoms with Crippen LogP contribution in [0.5, 0.6) is 23.0 Å². The fourth-order valence-electron chi connectivity index (χ4n) is 1.66. The Kier molecular flexibility index (Phi) is 4.45. The van der Waals surface area contributed by atoms with Crippen molar-refractivity contribution in [3.8, 4) is 23.0 Å². The number of benzene rings is 2. The lowest BCUT2D eigenvalue weighted by molar-refractivity contribution is 0.385. The van der Waals surface area contributed by atoms with Gasteiger partial charge in [-0.25, -0.2) is 5.48 Å². The van der Waals surface area contributed by atoms with Crippen molar-refractivity contribution in [3.05, 3.63) is 41.3 Å². The van der Waals surface area contributed by atoms with Gasteiger partial charge in [-0.05, 0) is 5.18 Å². The summed E-state index contributed by atoms with van der Waals surface area (Å²) in [7, 11) is 3.08. The van der Waals surface area contributed by atoms with Crippen LogP contribution < -0.4 is 19.8 Å². The van der Waals surface area contributed by atoms with Crippen LogP contribution in [0.25, 0.3) is 0 Å². The SMILES string of the molecule is COc1cc(NOc2cc(O)cc(N=O)c2)cc(OC)c1. The molecule has 0 unspecified atom stereocenters. The first-order valence-electron chi connectivity index (χ1n) is 5.98. The summed E-state index contributed by atoms with van der Waals surface area (Å²) in [4.78, 5) is 15.8. The zero-order chi connectivity index (χ0) is 15.2. The molecule has 0 bridgehead atoms. The molecule has 0 amide bonds. The first kappa shape index (κ1) is 14.4. The van der Waals surface area contributed by atoms with Crippen LogP contribution in [0.2, 0.25) is 0 Å². The van der Waals surface area contributed by atoms with Gasteiger partial charge >= 0.3 is 0 Å². The summed E-state index contributed by atoms with van der Waals surface area (Å²) in [6, 6.07) is 9.08. The Morgan fingerprint density at radius 3 is 2.19 bits per heavy atom. The Balaban J connectivity index is 2.15. The predicted octanol–water partition coefficient (Wildman–Crippen LogP) is 3.21. The Hall–Kier alpha value is -2.96. The third kappa shape index (κ3) is 3.75. The summed E-state index contributed by atoms with van der Waals surface area (Å²) >= 11 is 0. The number of nitrogens with zero attached hydrogens (tertiary/aromatic N) is 1. The molecule has 0 aliphatic rings. The van der Waals surface area contributed by atoms with Crippen molar-refractivity contribution < 1.29 is 19.4 Å². The van der Waals surface area contributed by atoms with E-state index < -0.39 is 0 Å². The van der Waals surface area contributed by atoms with Crippen molar-refractivity contribution in [1.29, 1.82) is 0 Å². The Morgan fingerprint density at radius 1 is 0.952 bits per heavy atom. The molecule has 0 heterocycles. The molecule has 2 aromatic carbocycles. The highest BCUT2D eigenvalue weighted by atomic mass is 16.6. The van der Waals surface area contributed by atoms with E-state index >= 15 is 0 Å². The number of nitrogens with one attached hydrogen (secondary N) is 1. The molecule has 0 saturated carbocycles. The molecular weight excluding hydrogens is 276 g/mol. The first-order chi connectivity index (χ1) is 10.1. The van der Waals surface area contributed by atoms with E-state index in [9.17, 15) is 10.0 Å². The summed E-state index contributed by atoms with van der Waals surface area (Å²) in [5.41, 5.74) is 3.32. The third-order valence-electron chi connectivity index (χ3n) is 2.62. The fraction of sp³-hybridized carbons (Fsp3) is 0.143. The summed E-state index contributed by atoms with van der Waals surface area (Å²) < 4.78 is 10.3. The van der Waals surface area contributed by atoms with Crippen LogP contribution in [-0.2, 0) is 0 Å². The number of phenols is 1. The van der Waals surface area contributed by atoms with Crippen LogP contribution in [0, 0.1) is 4.91 Å². The Bertz CT molecular complexity index is 623. The molecule has 0 spiro atoms. The highest BCUT2D eigenvalue weighted by Crippen LogP contribution is 2.29. The van der Waals surface area contributed by atoms with E-state index in [1.807, 2.05) is 0 Å². The number of nitroso groups, excluding NO2 is 1. The number of ether oxygens (including phenoxy) is 2. The number of methoxy groups -OCH3 is 2. The molecule has 2 rings (SSSR count). The van der Waals surface area contributed by atoms with Gasteiger partial charge in [-0.2, -0.15) is 0 Å². The van der Waals surface area contributed by atoms with Crippen LogP contribution in [-0.4, -0.2) is 19.3 Å². The monoisotopic (exact) mass is 290 g/mol. The van der Waals surface area contributed by atoms with E-state index in [4.69, 9.17) is 14.3 Å². The minimum atomic E-state index is -0.118. The van der Waals surface area contributed by atoms with E-state index in [-0.39, 0.29) is 17.2 Å². The average molecular weight is 290 g/mol. The second kappa shape index (κ2) is 6.47. The van der Waals surface area contributed by atoms with Gasteiger partial charge in [-0.1, -0.05) is 0 Å². The second-order valence-electron chi connectivity index (χ2n) is 4.08. The van der Waals surface area contributed by atoms with Crippen molar-refractivity contribution in [1.82, 2.24) is 0 Å². The molecule has 110 valence electrons. The molecule has 0 aromatic heterocycles. The molecule has 7 nitrogen and oxygen atoms in total. The number of phenolic OH excluding ortho intramolecular Hbond substituents is 1. The quantitative estimate of drug-likeness (QED) is 0.627. The molecule has 0 radical (unpaired) electrons. The van der Waals surface area contributed by atoms with Gasteiger partial charge in [0.15, 0.2) is 5.75 Å². The summed E-state index contributed by atoms with van der Waals surface area (Å²) in [5.74, 6) is 1.30. The lowest BCUT2D eigenvalue weighted by atomic mass is 10.3. The van der Waals surface area contributed by atoms with E-state index in [1.54, 1.807) is 18.2 Å². The molecular formula is C14H14N2O5. The van der Waals surface area contributed by atoms with Gasteiger partial charge in [0.2, 0.25) is 0 Å². The zero-order valence-corrected chi connectivity index (χ0v) is 11.5. The Morgan fingerprint density at radius 2 is 1.62 bits per heavy atom. The zero-order valence-electron chi connectivity index (χ0n) is 11.5. The summed E-state index contributed by atoms with van der Waals surface area (Å²) in [6.45, 7) is 0. The van der Waals surface area contributed by atoms with Gasteiger partial charge in [0, 0.05) is 36.4 Å². The maximum Gasteiger partial charge on any atom is 0.161 e. The maximum absolute atomic E-state index is 10.5. The molecule has 21 heavy (non-hydrogen) atoms. The summed E-state index contributed by atoms with van der Waals surface area (Å²) in [5, 5.41) is 12.2. The minimum absolute atomic E-state index is 0.0648. The highest BCUT2D eigenvalue weighted by molar-refractivity contribution is 5.54.